The molecule has 2 N–H and O–H groups in total. The number of nitrogens with two attached hydrogens (primary N) is 1. The van der Waals surface area contributed by atoms with Gasteiger partial charge in [0.05, 0.1) is 25.2 Å². The Morgan fingerprint density at radius 3 is 1.57 bits per heavy atom. The molecule has 0 rings (SSSR count). The predicted octanol–water partition coefficient (Wildman–Crippen LogP) is -14.4. The second-order valence-electron chi connectivity index (χ2n) is 3.62. The Morgan fingerprint density at radius 1 is 1.00 bits per heavy atom. The van der Waals surface area contributed by atoms with E-state index in [-0.39, 0.29) is 88.7 Å². The van der Waals surface area contributed by atoms with Crippen molar-refractivity contribution in [2.75, 3.05) is 20.2 Å². The fourth-order valence-corrected chi connectivity index (χ4v) is 1.57. The van der Waals surface area contributed by atoms with E-state index in [4.69, 9.17) is 5.73 Å². The summed E-state index contributed by atoms with van der Waals surface area (Å²) in [4.78, 5) is 36.4. The summed E-state index contributed by atoms with van der Waals surface area (Å²) in [6, 6.07) is 0. The first-order valence-electron chi connectivity index (χ1n) is 4.88. The standard InChI is InChI=1S/C9H16N2O7.3Na/c1-18-11(4-8(16)17)9(5-10,2-6(12)13)3-7(14)15;;;/h2-5,10H2,1H3,(H,12,13)(H,14,15)(H,16,17);;;/q;3*+1/p-3. The molecule has 0 saturated carbocycles. The van der Waals surface area contributed by atoms with Gasteiger partial charge in [-0.15, -0.1) is 0 Å². The fraction of sp³-hybridized carbons (Fsp3) is 0.667. The Balaban J connectivity index is -0.000000482. The van der Waals surface area contributed by atoms with Crippen LogP contribution in [0.1, 0.15) is 12.8 Å². The Bertz CT molecular complexity index is 327. The van der Waals surface area contributed by atoms with Crippen molar-refractivity contribution in [2.24, 2.45) is 5.73 Å². The molecule has 0 spiro atoms. The largest absolute Gasteiger partial charge is 1.00 e. The van der Waals surface area contributed by atoms with Gasteiger partial charge in [0.1, 0.15) is 0 Å². The van der Waals surface area contributed by atoms with Gasteiger partial charge in [0.25, 0.3) is 0 Å². The number of nitrogens with zero attached hydrogens (tertiary/aromatic N) is 1. The topological polar surface area (TPSA) is 159 Å². The van der Waals surface area contributed by atoms with E-state index in [1.54, 1.807) is 0 Å². The Labute approximate surface area is 188 Å². The summed E-state index contributed by atoms with van der Waals surface area (Å²) < 4.78 is 0. The summed E-state index contributed by atoms with van der Waals surface area (Å²) in [5.74, 6) is -4.77. The molecule has 9 nitrogen and oxygen atoms in total. The Kier molecular flexibility index (Phi) is 21.4. The van der Waals surface area contributed by atoms with Gasteiger partial charge >= 0.3 is 88.7 Å². The summed E-state index contributed by atoms with van der Waals surface area (Å²) in [6.45, 7) is -1.32. The van der Waals surface area contributed by atoms with Gasteiger partial charge in [0.2, 0.25) is 0 Å². The minimum Gasteiger partial charge on any atom is -0.550 e. The molecule has 0 aliphatic heterocycles. The van der Waals surface area contributed by atoms with Crippen LogP contribution in [0.2, 0.25) is 0 Å². The predicted molar refractivity (Wildman–Crippen MR) is 49.8 cm³/mol. The Hall–Kier alpha value is 1.29. The van der Waals surface area contributed by atoms with Crippen LogP contribution in [0.4, 0.5) is 0 Å². The third-order valence-electron chi connectivity index (χ3n) is 2.35. The maximum absolute atomic E-state index is 10.6. The van der Waals surface area contributed by atoms with Crippen molar-refractivity contribution in [3.8, 4) is 0 Å². The average molecular weight is 330 g/mol. The molecule has 0 atom stereocenters. The zero-order valence-electron chi connectivity index (χ0n) is 12.7. The maximum atomic E-state index is 10.6. The number of carbonyl (C=O) groups is 3. The zero-order valence-corrected chi connectivity index (χ0v) is 18.7. The van der Waals surface area contributed by atoms with Crippen LogP contribution in [0.25, 0.3) is 0 Å². The van der Waals surface area contributed by atoms with Crippen LogP contribution in [-0.4, -0.2) is 48.7 Å². The van der Waals surface area contributed by atoms with Crippen LogP contribution in [0.3, 0.4) is 0 Å². The second kappa shape index (κ2) is 14.9. The molecule has 0 fully saturated rings. The third-order valence-corrected chi connectivity index (χ3v) is 2.35. The van der Waals surface area contributed by atoms with Crippen molar-refractivity contribution >= 4 is 17.9 Å². The molecule has 0 unspecified atom stereocenters. The molecule has 0 bridgehead atoms. The number of carboxylic acids is 3. The molecule has 0 heterocycles. The minimum atomic E-state index is -1.77. The number of carbonyl (C=O) groups excluding carboxylic acids is 3. The first-order valence-corrected chi connectivity index (χ1v) is 4.88. The van der Waals surface area contributed by atoms with Gasteiger partial charge < -0.3 is 40.3 Å². The number of hydrogen-bond donors (Lipinski definition) is 1. The summed E-state index contributed by atoms with van der Waals surface area (Å²) in [5, 5.41) is 32.4. The van der Waals surface area contributed by atoms with E-state index in [0.29, 0.717) is 5.06 Å². The number of hydroxylamine groups is 2. The number of hydrogen-bond acceptors (Lipinski definition) is 9. The van der Waals surface area contributed by atoms with Gasteiger partial charge in [-0.1, -0.05) is 0 Å². The van der Waals surface area contributed by atoms with Gasteiger partial charge in [-0.25, -0.2) is 0 Å². The van der Waals surface area contributed by atoms with E-state index >= 15 is 0 Å². The smallest absolute Gasteiger partial charge is 0.550 e. The molecule has 0 aliphatic rings. The number of rotatable bonds is 9. The van der Waals surface area contributed by atoms with Crippen LogP contribution in [-0.2, 0) is 19.2 Å². The second-order valence-corrected chi connectivity index (χ2v) is 3.62. The van der Waals surface area contributed by atoms with Gasteiger partial charge in [-0.2, -0.15) is 5.06 Å². The van der Waals surface area contributed by atoms with Crippen LogP contribution >= 0.6 is 0 Å². The molecular weight excluding hydrogens is 317 g/mol. The average Bonchev–Trinajstić information content (AvgIpc) is 2.23. The number of aliphatic carboxylic acids is 3. The van der Waals surface area contributed by atoms with E-state index in [2.05, 4.69) is 4.84 Å². The molecule has 0 amide bonds. The van der Waals surface area contributed by atoms with Crippen LogP contribution in [0.5, 0.6) is 0 Å². The van der Waals surface area contributed by atoms with E-state index in [0.717, 1.165) is 7.11 Å². The van der Waals surface area contributed by atoms with Crippen molar-refractivity contribution in [1.82, 2.24) is 5.06 Å². The van der Waals surface area contributed by atoms with Crippen molar-refractivity contribution in [3.63, 3.8) is 0 Å². The van der Waals surface area contributed by atoms with Gasteiger partial charge in [-0.05, 0) is 0 Å². The quantitative estimate of drug-likeness (QED) is 0.320. The fourth-order valence-electron chi connectivity index (χ4n) is 1.57. The van der Waals surface area contributed by atoms with E-state index < -0.39 is 49.4 Å². The molecule has 21 heavy (non-hydrogen) atoms. The summed E-state index contributed by atoms with van der Waals surface area (Å²) in [7, 11) is 1.05. The van der Waals surface area contributed by atoms with Crippen LogP contribution in [0.15, 0.2) is 0 Å². The summed E-state index contributed by atoms with van der Waals surface area (Å²) >= 11 is 0. The maximum Gasteiger partial charge on any atom is 1.00 e. The third kappa shape index (κ3) is 11.5. The monoisotopic (exact) mass is 330 g/mol. The van der Waals surface area contributed by atoms with Gasteiger partial charge in [-0.3, -0.25) is 0 Å². The van der Waals surface area contributed by atoms with Crippen molar-refractivity contribution in [1.29, 1.82) is 0 Å². The molecule has 0 aromatic carbocycles. The summed E-state index contributed by atoms with van der Waals surface area (Å²) in [5.41, 5.74) is 3.57. The molecule has 0 saturated heterocycles. The molecule has 12 heteroatoms. The van der Waals surface area contributed by atoms with Crippen molar-refractivity contribution in [2.45, 2.75) is 18.4 Å². The SMILES string of the molecule is CON(CC(=O)[O-])C(CN)(CC(=O)[O-])CC(=O)[O-].[Na+].[Na+].[Na+]. The van der Waals surface area contributed by atoms with E-state index in [1.807, 2.05) is 0 Å². The van der Waals surface area contributed by atoms with Crippen LogP contribution in [0, 0.1) is 0 Å². The van der Waals surface area contributed by atoms with E-state index in [9.17, 15) is 29.7 Å². The van der Waals surface area contributed by atoms with Gasteiger partial charge in [0.15, 0.2) is 0 Å². The van der Waals surface area contributed by atoms with Crippen molar-refractivity contribution in [3.05, 3.63) is 0 Å². The van der Waals surface area contributed by atoms with Crippen molar-refractivity contribution < 1.29 is 123 Å². The molecule has 0 aromatic rings. The molecule has 104 valence electrons. The van der Waals surface area contributed by atoms with Crippen LogP contribution < -0.4 is 110 Å². The molecule has 0 aromatic heterocycles. The number of carboxylic acid groups (broad SMARTS) is 3. The summed E-state index contributed by atoms with van der Waals surface area (Å²) in [6.07, 6.45) is -1.64. The molecular formula is C9H13N2Na3O7. The molecule has 0 aliphatic carbocycles. The molecule has 0 radical (unpaired) electrons. The normalized spacial score (nSPS) is 9.86. The minimum absolute atomic E-state index is 0. The first kappa shape index (κ1) is 30.2. The first-order chi connectivity index (χ1) is 8.27. The van der Waals surface area contributed by atoms with E-state index in [1.165, 1.54) is 0 Å². The zero-order chi connectivity index (χ0) is 14.3. The Morgan fingerprint density at radius 2 is 1.38 bits per heavy atom. The van der Waals surface area contributed by atoms with Gasteiger partial charge in [0, 0.05) is 31.3 Å².